The van der Waals surface area contributed by atoms with E-state index in [9.17, 15) is 14.4 Å². The highest BCUT2D eigenvalue weighted by molar-refractivity contribution is 6.09. The Morgan fingerprint density at radius 2 is 1.50 bits per heavy atom. The van der Waals surface area contributed by atoms with E-state index in [-0.39, 0.29) is 32.4 Å². The summed E-state index contributed by atoms with van der Waals surface area (Å²) in [5, 5.41) is 20.5. The molecule has 1 unspecified atom stereocenters. The molecule has 3 rings (SSSR count). The quantitative estimate of drug-likeness (QED) is 0.614. The van der Waals surface area contributed by atoms with Crippen LogP contribution in [0.3, 0.4) is 0 Å². The van der Waals surface area contributed by atoms with Gasteiger partial charge in [0.2, 0.25) is 5.91 Å². The van der Waals surface area contributed by atoms with Crippen molar-refractivity contribution >= 4 is 17.8 Å². The molecule has 32 heavy (non-hydrogen) atoms. The fourth-order valence-corrected chi connectivity index (χ4v) is 3.78. The molecule has 1 aliphatic heterocycles. The number of amides is 4. The molecule has 0 aliphatic carbocycles. The van der Waals surface area contributed by atoms with Crippen molar-refractivity contribution in [2.75, 3.05) is 19.6 Å². The van der Waals surface area contributed by atoms with E-state index in [1.54, 1.807) is 24.3 Å². The summed E-state index contributed by atoms with van der Waals surface area (Å²) in [6.45, 7) is -0.187. The zero-order chi connectivity index (χ0) is 23.0. The maximum atomic E-state index is 13.6. The molecule has 0 saturated carbocycles. The summed E-state index contributed by atoms with van der Waals surface area (Å²) in [4.78, 5) is 41.6. The minimum Gasteiger partial charge on any atom is -0.339 e. The Bertz CT molecular complexity index is 1040. The average molecular weight is 429 g/mol. The van der Waals surface area contributed by atoms with Crippen molar-refractivity contribution in [2.45, 2.75) is 24.8 Å². The number of nitrogens with one attached hydrogen (secondary N) is 1. The molecule has 1 atom stereocenters. The first kappa shape index (κ1) is 22.5. The monoisotopic (exact) mass is 429 g/mol. The van der Waals surface area contributed by atoms with Crippen molar-refractivity contribution in [3.8, 4) is 12.1 Å². The minimum absolute atomic E-state index is 0.0965. The number of benzene rings is 2. The molecule has 2 aromatic carbocycles. The third kappa shape index (κ3) is 4.76. The highest BCUT2D eigenvalue weighted by Crippen LogP contribution is 2.33. The normalized spacial score (nSPS) is 17.4. The maximum absolute atomic E-state index is 13.6. The number of carbonyl (C=O) groups is 3. The van der Waals surface area contributed by atoms with E-state index in [1.807, 2.05) is 48.5 Å². The summed E-state index contributed by atoms with van der Waals surface area (Å²) in [6.07, 6.45) is 0.429. The first-order chi connectivity index (χ1) is 15.5. The lowest BCUT2D eigenvalue weighted by atomic mass is 9.83. The Kier molecular flexibility index (Phi) is 7.20. The lowest BCUT2D eigenvalue weighted by Crippen LogP contribution is -2.47. The molecule has 4 amide bonds. The van der Waals surface area contributed by atoms with Gasteiger partial charge in [0, 0.05) is 19.5 Å². The van der Waals surface area contributed by atoms with Gasteiger partial charge in [0.15, 0.2) is 5.54 Å². The Morgan fingerprint density at radius 1 is 0.938 bits per heavy atom. The zero-order valence-corrected chi connectivity index (χ0v) is 17.5. The van der Waals surface area contributed by atoms with Crippen LogP contribution in [0, 0.1) is 22.7 Å². The van der Waals surface area contributed by atoms with E-state index >= 15 is 0 Å². The molecule has 8 nitrogen and oxygen atoms in total. The van der Waals surface area contributed by atoms with Crippen molar-refractivity contribution in [3.63, 3.8) is 0 Å². The van der Waals surface area contributed by atoms with Gasteiger partial charge in [-0.1, -0.05) is 60.7 Å². The van der Waals surface area contributed by atoms with Crippen molar-refractivity contribution in [1.29, 1.82) is 10.5 Å². The zero-order valence-electron chi connectivity index (χ0n) is 17.5. The van der Waals surface area contributed by atoms with Crippen LogP contribution in [0.5, 0.6) is 0 Å². The second kappa shape index (κ2) is 10.2. The molecule has 0 radical (unpaired) electrons. The van der Waals surface area contributed by atoms with Crippen LogP contribution in [0.1, 0.15) is 24.0 Å². The van der Waals surface area contributed by atoms with Crippen LogP contribution in [0.2, 0.25) is 0 Å². The highest BCUT2D eigenvalue weighted by Gasteiger charge is 2.52. The number of urea groups is 1. The summed E-state index contributed by atoms with van der Waals surface area (Å²) < 4.78 is 0. The van der Waals surface area contributed by atoms with Crippen LogP contribution in [0.4, 0.5) is 4.79 Å². The minimum atomic E-state index is -1.33. The predicted octanol–water partition coefficient (Wildman–Crippen LogP) is 2.33. The molecule has 162 valence electrons. The molecule has 1 N–H and O–H groups in total. The number of rotatable bonds is 9. The van der Waals surface area contributed by atoms with Gasteiger partial charge in [-0.25, -0.2) is 4.79 Å². The van der Waals surface area contributed by atoms with Crippen LogP contribution < -0.4 is 5.32 Å². The number of nitriles is 2. The van der Waals surface area contributed by atoms with Crippen LogP contribution in [-0.4, -0.2) is 47.3 Å². The van der Waals surface area contributed by atoms with Gasteiger partial charge in [-0.3, -0.25) is 14.5 Å². The number of imide groups is 1. The molecule has 1 heterocycles. The number of hydrogen-bond donors (Lipinski definition) is 1. The largest absolute Gasteiger partial charge is 0.339 e. The van der Waals surface area contributed by atoms with E-state index in [2.05, 4.69) is 5.32 Å². The Labute approximate surface area is 186 Å². The lowest BCUT2D eigenvalue weighted by Gasteiger charge is -2.28. The first-order valence-corrected chi connectivity index (χ1v) is 10.3. The van der Waals surface area contributed by atoms with E-state index in [4.69, 9.17) is 10.5 Å². The Hall–Kier alpha value is -4.17. The molecule has 2 aromatic rings. The number of nitrogens with zero attached hydrogens (tertiary/aromatic N) is 4. The molecule has 0 aromatic heterocycles. The van der Waals surface area contributed by atoms with Gasteiger partial charge in [-0.15, -0.1) is 0 Å². The smallest absolute Gasteiger partial charge is 0.325 e. The molecule has 1 saturated heterocycles. The van der Waals surface area contributed by atoms with Crippen LogP contribution in [0.25, 0.3) is 0 Å². The average Bonchev–Trinajstić information content (AvgIpc) is 3.05. The third-order valence-electron chi connectivity index (χ3n) is 5.39. The molecular formula is C24H23N5O3. The SMILES string of the molecule is N#CCCN(CCC#N)C(=O)CN1C(=O)NC(Cc2ccccc2)(c2ccccc2)C1=O. The van der Waals surface area contributed by atoms with Crippen molar-refractivity contribution in [3.05, 3.63) is 71.8 Å². The molecular weight excluding hydrogens is 406 g/mol. The van der Waals surface area contributed by atoms with Crippen molar-refractivity contribution in [2.24, 2.45) is 0 Å². The second-order valence-corrected chi connectivity index (χ2v) is 7.45. The fourth-order valence-electron chi connectivity index (χ4n) is 3.78. The number of carbonyl (C=O) groups excluding carboxylic acids is 3. The summed E-state index contributed by atoms with van der Waals surface area (Å²) in [7, 11) is 0. The Morgan fingerprint density at radius 3 is 2.06 bits per heavy atom. The van der Waals surface area contributed by atoms with Crippen LogP contribution in [0.15, 0.2) is 60.7 Å². The predicted molar refractivity (Wildman–Crippen MR) is 116 cm³/mol. The molecule has 1 aliphatic rings. The summed E-state index contributed by atoms with van der Waals surface area (Å²) >= 11 is 0. The first-order valence-electron chi connectivity index (χ1n) is 10.3. The summed E-state index contributed by atoms with van der Waals surface area (Å²) in [5.74, 6) is -0.992. The van der Waals surface area contributed by atoms with Crippen LogP contribution in [-0.2, 0) is 21.5 Å². The van der Waals surface area contributed by atoms with Gasteiger partial charge >= 0.3 is 6.03 Å². The standard InChI is InChI=1S/C24H23N5O3/c25-13-7-15-28(16-8-14-26)21(30)18-29-22(31)24(27-23(29)32,20-11-5-2-6-12-20)17-19-9-3-1-4-10-19/h1-6,9-12H,7-8,15-18H2,(H,27,32). The van der Waals surface area contributed by atoms with E-state index in [0.29, 0.717) is 5.56 Å². The molecule has 0 bridgehead atoms. The number of hydrogen-bond acceptors (Lipinski definition) is 5. The third-order valence-corrected chi connectivity index (χ3v) is 5.39. The van der Waals surface area contributed by atoms with Gasteiger partial charge in [0.05, 0.1) is 25.0 Å². The van der Waals surface area contributed by atoms with Crippen LogP contribution >= 0.6 is 0 Å². The lowest BCUT2D eigenvalue weighted by molar-refractivity contribution is -0.139. The molecule has 8 heteroatoms. The van der Waals surface area contributed by atoms with Crippen molar-refractivity contribution in [1.82, 2.24) is 15.1 Å². The topological polar surface area (TPSA) is 117 Å². The second-order valence-electron chi connectivity index (χ2n) is 7.45. The van der Waals surface area contributed by atoms with E-state index in [0.717, 1.165) is 10.5 Å². The Balaban J connectivity index is 1.88. The van der Waals surface area contributed by atoms with Gasteiger partial charge in [-0.05, 0) is 11.1 Å². The van der Waals surface area contributed by atoms with E-state index < -0.39 is 29.9 Å². The van der Waals surface area contributed by atoms with E-state index in [1.165, 1.54) is 4.90 Å². The summed E-state index contributed by atoms with van der Waals surface area (Å²) in [6, 6.07) is 21.6. The van der Waals surface area contributed by atoms with Crippen molar-refractivity contribution < 1.29 is 14.4 Å². The van der Waals surface area contributed by atoms with Gasteiger partial charge in [-0.2, -0.15) is 10.5 Å². The van der Waals surface area contributed by atoms with Gasteiger partial charge in [0.25, 0.3) is 5.91 Å². The highest BCUT2D eigenvalue weighted by atomic mass is 16.2. The molecule has 0 spiro atoms. The summed E-state index contributed by atoms with van der Waals surface area (Å²) in [5.41, 5.74) is 0.162. The maximum Gasteiger partial charge on any atom is 0.325 e. The molecule has 1 fully saturated rings. The van der Waals surface area contributed by atoms with Gasteiger partial charge in [0.1, 0.15) is 6.54 Å². The van der Waals surface area contributed by atoms with Gasteiger partial charge < -0.3 is 10.2 Å². The fraction of sp³-hybridized carbons (Fsp3) is 0.292.